The second-order valence-corrected chi connectivity index (χ2v) is 17.9. The van der Waals surface area contributed by atoms with Crippen molar-refractivity contribution in [2.24, 2.45) is 17.3 Å². The molecule has 0 radical (unpaired) electrons. The Morgan fingerprint density at radius 3 is 1.31 bits per heavy atom. The summed E-state index contributed by atoms with van der Waals surface area (Å²) in [6.07, 6.45) is 12.0. The summed E-state index contributed by atoms with van der Waals surface area (Å²) in [7, 11) is 0. The minimum atomic E-state index is -5.08. The van der Waals surface area contributed by atoms with Gasteiger partial charge in [-0.3, -0.25) is 19.4 Å². The molecule has 2 aliphatic carbocycles. The minimum Gasteiger partial charge on any atom is -0.475 e. The van der Waals surface area contributed by atoms with Crippen LogP contribution in [0.3, 0.4) is 0 Å². The first-order chi connectivity index (χ1) is 26.3. The van der Waals surface area contributed by atoms with E-state index >= 15 is 0 Å². The third kappa shape index (κ3) is 8.93. The molecule has 4 heterocycles. The summed E-state index contributed by atoms with van der Waals surface area (Å²) in [5, 5.41) is 13.8. The molecule has 2 aromatic rings. The second kappa shape index (κ2) is 16.6. The van der Waals surface area contributed by atoms with Gasteiger partial charge in [0.2, 0.25) is 11.8 Å². The van der Waals surface area contributed by atoms with E-state index in [1.54, 1.807) is 22.3 Å². The number of fused-ring (bicyclic) bond motifs is 10. The number of nitrogens with zero attached hydrogens (tertiary/aromatic N) is 2. The molecule has 11 heteroatoms. The fraction of sp³-hybridized carbons (Fsp3) is 0.659. The Balaban J connectivity index is 0.000000609. The van der Waals surface area contributed by atoms with Crippen molar-refractivity contribution in [3.05, 3.63) is 70.8 Å². The number of nitrogens with one attached hydrogen (secondary N) is 2. The number of rotatable bonds is 11. The number of alkyl halides is 3. The highest BCUT2D eigenvalue weighted by molar-refractivity contribution is 5.88. The highest BCUT2D eigenvalue weighted by atomic mass is 19.4. The fourth-order valence-electron chi connectivity index (χ4n) is 10.9. The van der Waals surface area contributed by atoms with Gasteiger partial charge in [-0.1, -0.05) is 62.4 Å². The first-order valence-corrected chi connectivity index (χ1v) is 20.9. The molecule has 2 amide bonds. The average Bonchev–Trinajstić information content (AvgIpc) is 3.92. The third-order valence-corrected chi connectivity index (χ3v) is 13.9. The van der Waals surface area contributed by atoms with E-state index in [2.05, 4.69) is 69.0 Å². The van der Waals surface area contributed by atoms with Gasteiger partial charge >= 0.3 is 12.1 Å². The van der Waals surface area contributed by atoms with E-state index in [4.69, 9.17) is 9.90 Å². The number of carboxylic acid groups (broad SMARTS) is 1. The predicted octanol–water partition coefficient (Wildman–Crippen LogP) is 8.95. The Morgan fingerprint density at radius 1 is 0.618 bits per heavy atom. The lowest BCUT2D eigenvalue weighted by Crippen LogP contribution is -2.47. The van der Waals surface area contributed by atoms with Crippen LogP contribution in [0.1, 0.15) is 157 Å². The Kier molecular flexibility index (Phi) is 12.0. The maximum absolute atomic E-state index is 13.4. The van der Waals surface area contributed by atoms with Crippen LogP contribution in [-0.2, 0) is 14.4 Å². The van der Waals surface area contributed by atoms with Gasteiger partial charge < -0.3 is 15.7 Å². The van der Waals surface area contributed by atoms with E-state index in [1.807, 2.05) is 13.8 Å². The number of amides is 2. The standard InChI is InChI=1S/C42H58N4O2.C2HF3O2/c1-42(2,41(48)44-31-17-13-29(14-18-31)24-26-46-38-21-22-39(46)35-10-6-5-9-34(35)38)27-40(47)43-30-15-11-28(12-16-30)23-25-45-36-19-20-37(45)33-8-4-3-7-32(33)36;3-2(4,5)1(6)7/h3-10,28-31,36-39H,11-27H2,1-2H3,(H,43,47)(H,44,48);(H,6,7)/t28?,29?,30?,31?,36-,37+,38-,39+;. The summed E-state index contributed by atoms with van der Waals surface area (Å²) >= 11 is 0. The van der Waals surface area contributed by atoms with Crippen molar-refractivity contribution in [2.75, 3.05) is 13.1 Å². The van der Waals surface area contributed by atoms with Crippen LogP contribution in [0.4, 0.5) is 13.2 Å². The minimum absolute atomic E-state index is 0.0340. The molecular weight excluding hydrogens is 706 g/mol. The molecule has 55 heavy (non-hydrogen) atoms. The van der Waals surface area contributed by atoms with Gasteiger partial charge in [-0.2, -0.15) is 13.2 Å². The SMILES string of the molecule is CC(C)(CC(=O)NC1CCC(CCN2[C@@H]3CC[C@H]2c2ccccc23)CC1)C(=O)NC1CCC(CCN2[C@@H]3CC[C@H]2c2ccccc23)CC1.O=C(O)C(F)(F)F. The van der Waals surface area contributed by atoms with Crippen molar-refractivity contribution < 1.29 is 32.7 Å². The number of benzene rings is 2. The fourth-order valence-corrected chi connectivity index (χ4v) is 10.9. The summed E-state index contributed by atoms with van der Waals surface area (Å²) in [4.78, 5) is 41.0. The largest absolute Gasteiger partial charge is 0.490 e. The van der Waals surface area contributed by atoms with Crippen LogP contribution < -0.4 is 10.6 Å². The predicted molar refractivity (Wildman–Crippen MR) is 205 cm³/mol. The van der Waals surface area contributed by atoms with Crippen molar-refractivity contribution in [2.45, 2.75) is 153 Å². The molecule has 300 valence electrons. The lowest BCUT2D eigenvalue weighted by molar-refractivity contribution is -0.192. The molecule has 4 aliphatic heterocycles. The molecule has 8 nitrogen and oxygen atoms in total. The first-order valence-electron chi connectivity index (χ1n) is 20.9. The molecule has 2 saturated carbocycles. The van der Waals surface area contributed by atoms with E-state index in [1.165, 1.54) is 77.3 Å². The summed E-state index contributed by atoms with van der Waals surface area (Å²) in [5.41, 5.74) is 5.60. The van der Waals surface area contributed by atoms with Gasteiger partial charge in [-0.25, -0.2) is 4.79 Å². The monoisotopic (exact) mass is 764 g/mol. The topological polar surface area (TPSA) is 102 Å². The summed E-state index contributed by atoms with van der Waals surface area (Å²) in [6, 6.07) is 21.2. The lowest BCUT2D eigenvalue weighted by atomic mass is 9.82. The van der Waals surface area contributed by atoms with E-state index < -0.39 is 17.6 Å². The molecule has 4 bridgehead atoms. The highest BCUT2D eigenvalue weighted by Gasteiger charge is 2.45. The van der Waals surface area contributed by atoms with Crippen LogP contribution in [0.25, 0.3) is 0 Å². The zero-order valence-corrected chi connectivity index (χ0v) is 32.5. The number of hydrogen-bond donors (Lipinski definition) is 3. The van der Waals surface area contributed by atoms with Gasteiger partial charge in [0.15, 0.2) is 0 Å². The van der Waals surface area contributed by atoms with E-state index in [0.717, 1.165) is 37.5 Å². The molecular formula is C44H59F3N4O4. The van der Waals surface area contributed by atoms with Crippen molar-refractivity contribution in [1.82, 2.24) is 20.4 Å². The maximum Gasteiger partial charge on any atom is 0.490 e. The number of hydrogen-bond acceptors (Lipinski definition) is 5. The second-order valence-electron chi connectivity index (χ2n) is 17.9. The maximum atomic E-state index is 13.4. The van der Waals surface area contributed by atoms with Gasteiger partial charge in [-0.05, 0) is 137 Å². The molecule has 0 aromatic heterocycles. The summed E-state index contributed by atoms with van der Waals surface area (Å²) < 4.78 is 31.7. The molecule has 8 rings (SSSR count). The Bertz CT molecular complexity index is 1620. The highest BCUT2D eigenvalue weighted by Crippen LogP contribution is 2.54. The summed E-state index contributed by atoms with van der Waals surface area (Å²) in [5.74, 6) is -1.18. The van der Waals surface area contributed by atoms with Gasteiger partial charge in [0.25, 0.3) is 0 Å². The number of carbonyl (C=O) groups is 3. The van der Waals surface area contributed by atoms with Gasteiger partial charge in [0, 0.05) is 42.7 Å². The summed E-state index contributed by atoms with van der Waals surface area (Å²) in [6.45, 7) is 6.28. The third-order valence-electron chi connectivity index (χ3n) is 13.9. The number of aliphatic carboxylic acids is 1. The Hall–Kier alpha value is -3.44. The van der Waals surface area contributed by atoms with Gasteiger partial charge in [-0.15, -0.1) is 0 Å². The van der Waals surface area contributed by atoms with E-state index in [0.29, 0.717) is 24.2 Å². The molecule has 0 spiro atoms. The normalized spacial score (nSPS) is 29.9. The van der Waals surface area contributed by atoms with Gasteiger partial charge in [0.05, 0.1) is 5.41 Å². The molecule has 6 aliphatic rings. The zero-order chi connectivity index (χ0) is 38.9. The van der Waals surface area contributed by atoms with Crippen molar-refractivity contribution >= 4 is 17.8 Å². The quantitative estimate of drug-likeness (QED) is 0.211. The average molecular weight is 765 g/mol. The van der Waals surface area contributed by atoms with Crippen LogP contribution in [0, 0.1) is 17.3 Å². The van der Waals surface area contributed by atoms with Gasteiger partial charge in [0.1, 0.15) is 0 Å². The number of halogens is 3. The van der Waals surface area contributed by atoms with Crippen LogP contribution in [0.2, 0.25) is 0 Å². The molecule has 0 unspecified atom stereocenters. The lowest BCUT2D eigenvalue weighted by Gasteiger charge is -2.34. The number of carbonyl (C=O) groups excluding carboxylic acids is 2. The Morgan fingerprint density at radius 2 is 0.964 bits per heavy atom. The zero-order valence-electron chi connectivity index (χ0n) is 32.5. The van der Waals surface area contributed by atoms with E-state index in [9.17, 15) is 22.8 Å². The smallest absolute Gasteiger partial charge is 0.475 e. The molecule has 4 atom stereocenters. The van der Waals surface area contributed by atoms with Crippen LogP contribution in [-0.4, -0.2) is 64.0 Å². The van der Waals surface area contributed by atoms with Crippen molar-refractivity contribution in [3.8, 4) is 0 Å². The van der Waals surface area contributed by atoms with Crippen LogP contribution in [0.5, 0.6) is 0 Å². The Labute approximate surface area is 324 Å². The molecule has 2 aromatic carbocycles. The van der Waals surface area contributed by atoms with Crippen LogP contribution in [0.15, 0.2) is 48.5 Å². The van der Waals surface area contributed by atoms with Crippen molar-refractivity contribution in [1.29, 1.82) is 0 Å². The number of carboxylic acids is 1. The molecule has 4 fully saturated rings. The van der Waals surface area contributed by atoms with E-state index in [-0.39, 0.29) is 30.3 Å². The molecule has 2 saturated heterocycles. The first kappa shape index (κ1) is 39.8. The van der Waals surface area contributed by atoms with Crippen molar-refractivity contribution in [3.63, 3.8) is 0 Å². The van der Waals surface area contributed by atoms with Crippen LogP contribution >= 0.6 is 0 Å². The molecule has 3 N–H and O–H groups in total.